The molecule has 17 heavy (non-hydrogen) atoms. The van der Waals surface area contributed by atoms with Crippen molar-refractivity contribution in [3.05, 3.63) is 0 Å². The van der Waals surface area contributed by atoms with Gasteiger partial charge in [-0.05, 0) is 37.5 Å². The van der Waals surface area contributed by atoms with Gasteiger partial charge in [0.1, 0.15) is 0 Å². The van der Waals surface area contributed by atoms with E-state index in [0.717, 1.165) is 31.8 Å². The fourth-order valence-corrected chi connectivity index (χ4v) is 3.73. The lowest BCUT2D eigenvalue weighted by Crippen LogP contribution is -2.63. The van der Waals surface area contributed by atoms with Crippen LogP contribution in [0.3, 0.4) is 0 Å². The first kappa shape index (κ1) is 13.4. The molecule has 1 N–H and O–H groups in total. The quantitative estimate of drug-likeness (QED) is 0.798. The highest BCUT2D eigenvalue weighted by atomic mass is 16.5. The van der Waals surface area contributed by atoms with E-state index in [9.17, 15) is 0 Å². The minimum Gasteiger partial charge on any atom is -0.366 e. The molecule has 1 saturated carbocycles. The predicted octanol–water partition coefficient (Wildman–Crippen LogP) is 3.36. The predicted molar refractivity (Wildman–Crippen MR) is 72.2 cm³/mol. The average molecular weight is 239 g/mol. The van der Waals surface area contributed by atoms with E-state index in [2.05, 4.69) is 33.0 Å². The van der Waals surface area contributed by atoms with Crippen molar-refractivity contribution >= 4 is 0 Å². The van der Waals surface area contributed by atoms with Crippen molar-refractivity contribution < 1.29 is 4.74 Å². The fourth-order valence-electron chi connectivity index (χ4n) is 3.73. The Labute approximate surface area is 107 Å². The second-order valence-electron chi connectivity index (χ2n) is 6.45. The smallest absolute Gasteiger partial charge is 0.0842 e. The number of rotatable bonds is 2. The zero-order valence-corrected chi connectivity index (χ0v) is 12.0. The zero-order valence-electron chi connectivity index (χ0n) is 12.0. The van der Waals surface area contributed by atoms with Crippen molar-refractivity contribution in [1.29, 1.82) is 0 Å². The van der Waals surface area contributed by atoms with Gasteiger partial charge < -0.3 is 10.1 Å². The first-order chi connectivity index (χ1) is 8.06. The Morgan fingerprint density at radius 3 is 2.47 bits per heavy atom. The van der Waals surface area contributed by atoms with Gasteiger partial charge in [-0.3, -0.25) is 0 Å². The van der Waals surface area contributed by atoms with Gasteiger partial charge in [0, 0.05) is 13.1 Å². The Morgan fingerprint density at radius 1 is 1.12 bits per heavy atom. The van der Waals surface area contributed by atoms with Gasteiger partial charge in [-0.2, -0.15) is 0 Å². The highest BCUT2D eigenvalue weighted by Gasteiger charge is 2.49. The van der Waals surface area contributed by atoms with Gasteiger partial charge in [-0.15, -0.1) is 0 Å². The highest BCUT2D eigenvalue weighted by Crippen LogP contribution is 2.44. The molecule has 2 rings (SSSR count). The minimum atomic E-state index is 0.0869. The molecule has 1 heterocycles. The molecule has 2 aliphatic rings. The van der Waals surface area contributed by atoms with Crippen molar-refractivity contribution in [2.45, 2.75) is 71.0 Å². The summed E-state index contributed by atoms with van der Waals surface area (Å²) < 4.78 is 6.72. The van der Waals surface area contributed by atoms with E-state index in [1.54, 1.807) is 0 Å². The summed E-state index contributed by atoms with van der Waals surface area (Å²) in [6.45, 7) is 11.4. The van der Waals surface area contributed by atoms with E-state index in [-0.39, 0.29) is 11.2 Å². The topological polar surface area (TPSA) is 21.3 Å². The summed E-state index contributed by atoms with van der Waals surface area (Å²) in [7, 11) is 0. The van der Waals surface area contributed by atoms with Crippen LogP contribution >= 0.6 is 0 Å². The van der Waals surface area contributed by atoms with E-state index in [1.807, 2.05) is 0 Å². The summed E-state index contributed by atoms with van der Waals surface area (Å²) in [5.41, 5.74) is 0.200. The molecule has 1 saturated heterocycles. The Balaban J connectivity index is 2.18. The molecule has 0 aromatic rings. The molecule has 2 fully saturated rings. The second kappa shape index (κ2) is 4.89. The van der Waals surface area contributed by atoms with E-state index in [4.69, 9.17) is 4.74 Å². The number of hydrogen-bond acceptors (Lipinski definition) is 2. The van der Waals surface area contributed by atoms with Gasteiger partial charge in [0.05, 0.1) is 11.2 Å². The van der Waals surface area contributed by atoms with Crippen molar-refractivity contribution in [3.63, 3.8) is 0 Å². The summed E-state index contributed by atoms with van der Waals surface area (Å²) in [4.78, 5) is 0. The molecular formula is C15H29NO. The molecule has 100 valence electrons. The molecule has 0 radical (unpaired) electrons. The molecule has 2 heteroatoms. The fraction of sp³-hybridized carbons (Fsp3) is 1.00. The number of nitrogens with one attached hydrogen (secondary N) is 1. The number of hydrogen-bond donors (Lipinski definition) is 1. The summed E-state index contributed by atoms with van der Waals surface area (Å²) in [5, 5.41) is 3.66. The SMILES string of the molecule is CCC1(CC)CNCC2(CC(C)CCC2C)O1. The van der Waals surface area contributed by atoms with Crippen LogP contribution in [0.15, 0.2) is 0 Å². The molecule has 1 spiro atoms. The van der Waals surface area contributed by atoms with E-state index < -0.39 is 0 Å². The van der Waals surface area contributed by atoms with Crippen LogP contribution in [0.25, 0.3) is 0 Å². The standard InChI is InChI=1S/C15H29NO/c1-5-14(6-2)10-16-11-15(17-14)9-12(3)7-8-13(15)4/h12-13,16H,5-11H2,1-4H3. The lowest BCUT2D eigenvalue weighted by molar-refractivity contribution is -0.219. The Hall–Kier alpha value is -0.0800. The lowest BCUT2D eigenvalue weighted by atomic mass is 9.70. The number of ether oxygens (including phenoxy) is 1. The highest BCUT2D eigenvalue weighted by molar-refractivity contribution is 5.01. The third-order valence-corrected chi connectivity index (χ3v) is 5.26. The van der Waals surface area contributed by atoms with Crippen LogP contribution in [-0.2, 0) is 4.74 Å². The second-order valence-corrected chi connectivity index (χ2v) is 6.45. The van der Waals surface area contributed by atoms with Crippen molar-refractivity contribution in [1.82, 2.24) is 5.32 Å². The van der Waals surface area contributed by atoms with Crippen LogP contribution in [-0.4, -0.2) is 24.3 Å². The van der Waals surface area contributed by atoms with Gasteiger partial charge >= 0.3 is 0 Å². The van der Waals surface area contributed by atoms with E-state index in [0.29, 0.717) is 5.92 Å². The Morgan fingerprint density at radius 2 is 1.82 bits per heavy atom. The monoisotopic (exact) mass is 239 g/mol. The molecular weight excluding hydrogens is 210 g/mol. The zero-order chi connectivity index (χ0) is 12.5. The summed E-state index contributed by atoms with van der Waals surface area (Å²) >= 11 is 0. The van der Waals surface area contributed by atoms with E-state index >= 15 is 0 Å². The average Bonchev–Trinajstić information content (AvgIpc) is 2.34. The molecule has 0 aromatic carbocycles. The van der Waals surface area contributed by atoms with Crippen LogP contribution in [0.1, 0.15) is 59.8 Å². The molecule has 0 aromatic heterocycles. The first-order valence-corrected chi connectivity index (χ1v) is 7.47. The number of morpholine rings is 1. The van der Waals surface area contributed by atoms with E-state index in [1.165, 1.54) is 19.3 Å². The lowest BCUT2D eigenvalue weighted by Gasteiger charge is -2.54. The summed E-state index contributed by atoms with van der Waals surface area (Å²) in [5.74, 6) is 1.52. The maximum Gasteiger partial charge on any atom is 0.0842 e. The normalized spacial score (nSPS) is 41.6. The molecule has 0 bridgehead atoms. The maximum atomic E-state index is 6.72. The maximum absolute atomic E-state index is 6.72. The van der Waals surface area contributed by atoms with Crippen molar-refractivity contribution in [2.24, 2.45) is 11.8 Å². The van der Waals surface area contributed by atoms with Crippen molar-refractivity contribution in [3.8, 4) is 0 Å². The molecule has 0 amide bonds. The molecule has 2 nitrogen and oxygen atoms in total. The molecule has 3 atom stereocenters. The third-order valence-electron chi connectivity index (χ3n) is 5.26. The van der Waals surface area contributed by atoms with Gasteiger partial charge in [0.2, 0.25) is 0 Å². The van der Waals surface area contributed by atoms with Crippen LogP contribution in [0.4, 0.5) is 0 Å². The third kappa shape index (κ3) is 2.39. The van der Waals surface area contributed by atoms with Gasteiger partial charge in [-0.25, -0.2) is 0 Å². The van der Waals surface area contributed by atoms with Gasteiger partial charge in [0.15, 0.2) is 0 Å². The van der Waals surface area contributed by atoms with Crippen LogP contribution in [0.2, 0.25) is 0 Å². The Bertz CT molecular complexity index is 262. The summed E-state index contributed by atoms with van der Waals surface area (Å²) in [6.07, 6.45) is 6.19. The Kier molecular flexibility index (Phi) is 3.84. The van der Waals surface area contributed by atoms with Crippen LogP contribution in [0.5, 0.6) is 0 Å². The molecule has 1 aliphatic heterocycles. The van der Waals surface area contributed by atoms with Gasteiger partial charge in [0.25, 0.3) is 0 Å². The summed E-state index contributed by atoms with van der Waals surface area (Å²) in [6, 6.07) is 0. The van der Waals surface area contributed by atoms with Crippen molar-refractivity contribution in [2.75, 3.05) is 13.1 Å². The van der Waals surface area contributed by atoms with Gasteiger partial charge in [-0.1, -0.05) is 34.1 Å². The van der Waals surface area contributed by atoms with Crippen LogP contribution < -0.4 is 5.32 Å². The molecule has 1 aliphatic carbocycles. The minimum absolute atomic E-state index is 0.0869. The molecule has 3 unspecified atom stereocenters. The van der Waals surface area contributed by atoms with Crippen LogP contribution in [0, 0.1) is 11.8 Å². The first-order valence-electron chi connectivity index (χ1n) is 7.47. The largest absolute Gasteiger partial charge is 0.366 e.